The number of hydrogen-bond acceptors (Lipinski definition) is 3. The molecule has 0 aliphatic heterocycles. The van der Waals surface area contributed by atoms with Crippen molar-refractivity contribution in [3.8, 4) is 5.75 Å². The standard InChI is InChI=1S/C13H12N2O2/c1-8-10-6-4-3-5-9(10)7-11(12(8)16)13(17)15-14-2/h3-7,16H,2H2,1H3,(H,15,17). The molecule has 0 aliphatic rings. The van der Waals surface area contributed by atoms with Crippen molar-refractivity contribution < 1.29 is 9.90 Å². The van der Waals surface area contributed by atoms with Gasteiger partial charge in [-0.15, -0.1) is 0 Å². The van der Waals surface area contributed by atoms with Gasteiger partial charge in [-0.2, -0.15) is 5.10 Å². The van der Waals surface area contributed by atoms with Gasteiger partial charge in [-0.1, -0.05) is 24.3 Å². The number of nitrogens with zero attached hydrogens (tertiary/aromatic N) is 1. The highest BCUT2D eigenvalue weighted by Crippen LogP contribution is 2.30. The molecule has 0 radical (unpaired) electrons. The number of benzene rings is 2. The molecule has 0 bridgehead atoms. The Morgan fingerprint density at radius 3 is 2.82 bits per heavy atom. The van der Waals surface area contributed by atoms with E-state index in [1.165, 1.54) is 0 Å². The van der Waals surface area contributed by atoms with Crippen LogP contribution in [0.25, 0.3) is 10.8 Å². The average Bonchev–Trinajstić information content (AvgIpc) is 2.34. The largest absolute Gasteiger partial charge is 0.507 e. The van der Waals surface area contributed by atoms with Gasteiger partial charge in [0.15, 0.2) is 0 Å². The van der Waals surface area contributed by atoms with Gasteiger partial charge in [0, 0.05) is 6.72 Å². The third-order valence-electron chi connectivity index (χ3n) is 2.70. The van der Waals surface area contributed by atoms with Gasteiger partial charge >= 0.3 is 0 Å². The number of nitrogens with one attached hydrogen (secondary N) is 1. The molecule has 2 N–H and O–H groups in total. The van der Waals surface area contributed by atoms with E-state index in [9.17, 15) is 9.90 Å². The predicted octanol–water partition coefficient (Wildman–Crippen LogP) is 2.20. The van der Waals surface area contributed by atoms with Crippen LogP contribution in [0.5, 0.6) is 5.75 Å². The summed E-state index contributed by atoms with van der Waals surface area (Å²) < 4.78 is 0. The molecule has 4 heteroatoms. The maximum atomic E-state index is 11.7. The molecule has 0 fully saturated rings. The van der Waals surface area contributed by atoms with E-state index in [1.54, 1.807) is 13.0 Å². The predicted molar refractivity (Wildman–Crippen MR) is 67.4 cm³/mol. The third kappa shape index (κ3) is 1.85. The van der Waals surface area contributed by atoms with Crippen LogP contribution in [0, 0.1) is 6.92 Å². The quantitative estimate of drug-likeness (QED) is 0.611. The lowest BCUT2D eigenvalue weighted by Crippen LogP contribution is -2.17. The molecular weight excluding hydrogens is 216 g/mol. The second-order valence-electron chi connectivity index (χ2n) is 3.72. The van der Waals surface area contributed by atoms with Gasteiger partial charge in [0.25, 0.3) is 5.91 Å². The highest BCUT2D eigenvalue weighted by atomic mass is 16.3. The average molecular weight is 228 g/mol. The fraction of sp³-hybridized carbons (Fsp3) is 0.0769. The van der Waals surface area contributed by atoms with Gasteiger partial charge in [0.05, 0.1) is 5.56 Å². The molecule has 0 heterocycles. The summed E-state index contributed by atoms with van der Waals surface area (Å²) in [4.78, 5) is 11.7. The number of carbonyl (C=O) groups excluding carboxylic acids is 1. The molecule has 1 amide bonds. The molecule has 0 unspecified atom stereocenters. The molecular formula is C13H12N2O2. The first-order valence-corrected chi connectivity index (χ1v) is 5.12. The van der Waals surface area contributed by atoms with Crippen molar-refractivity contribution in [3.05, 3.63) is 41.5 Å². The number of aromatic hydroxyl groups is 1. The van der Waals surface area contributed by atoms with E-state index in [0.29, 0.717) is 5.56 Å². The van der Waals surface area contributed by atoms with Crippen LogP contribution in [0.2, 0.25) is 0 Å². The number of fused-ring (bicyclic) bond motifs is 1. The van der Waals surface area contributed by atoms with Gasteiger partial charge in [-0.05, 0) is 29.3 Å². The molecule has 17 heavy (non-hydrogen) atoms. The summed E-state index contributed by atoms with van der Waals surface area (Å²) in [6.45, 7) is 4.95. The number of rotatable bonds is 2. The smallest absolute Gasteiger partial charge is 0.275 e. The Morgan fingerprint density at radius 2 is 2.12 bits per heavy atom. The molecule has 0 aliphatic carbocycles. The molecule has 2 aromatic rings. The molecule has 4 nitrogen and oxygen atoms in total. The van der Waals surface area contributed by atoms with Crippen LogP contribution in [-0.2, 0) is 0 Å². The second kappa shape index (κ2) is 4.25. The van der Waals surface area contributed by atoms with E-state index < -0.39 is 5.91 Å². The van der Waals surface area contributed by atoms with Gasteiger partial charge in [0.1, 0.15) is 5.75 Å². The Balaban J connectivity index is 2.69. The van der Waals surface area contributed by atoms with Gasteiger partial charge in [-0.3, -0.25) is 4.79 Å². The van der Waals surface area contributed by atoms with E-state index in [4.69, 9.17) is 0 Å². The van der Waals surface area contributed by atoms with Gasteiger partial charge in [-0.25, -0.2) is 5.43 Å². The molecule has 0 saturated heterocycles. The van der Waals surface area contributed by atoms with Crippen LogP contribution in [-0.4, -0.2) is 17.7 Å². The summed E-state index contributed by atoms with van der Waals surface area (Å²) >= 11 is 0. The fourth-order valence-electron chi connectivity index (χ4n) is 1.82. The third-order valence-corrected chi connectivity index (χ3v) is 2.70. The number of hydrogen-bond donors (Lipinski definition) is 2. The fourth-order valence-corrected chi connectivity index (χ4v) is 1.82. The molecule has 2 rings (SSSR count). The summed E-state index contributed by atoms with van der Waals surface area (Å²) in [6.07, 6.45) is 0. The van der Waals surface area contributed by atoms with Crippen molar-refractivity contribution in [2.24, 2.45) is 5.10 Å². The number of amides is 1. The van der Waals surface area contributed by atoms with Crippen molar-refractivity contribution in [3.63, 3.8) is 0 Å². The maximum absolute atomic E-state index is 11.7. The summed E-state index contributed by atoms with van der Waals surface area (Å²) in [5, 5.41) is 15.1. The summed E-state index contributed by atoms with van der Waals surface area (Å²) in [5.74, 6) is -0.490. The van der Waals surface area contributed by atoms with Crippen molar-refractivity contribution in [2.75, 3.05) is 0 Å². The Kier molecular flexibility index (Phi) is 2.78. The SMILES string of the molecule is C=NNC(=O)c1cc2ccccc2c(C)c1O. The first kappa shape index (κ1) is 11.1. The second-order valence-corrected chi connectivity index (χ2v) is 3.72. The number of phenols is 1. The summed E-state index contributed by atoms with van der Waals surface area (Å²) in [6, 6.07) is 9.20. The van der Waals surface area contributed by atoms with Crippen LogP contribution in [0.4, 0.5) is 0 Å². The summed E-state index contributed by atoms with van der Waals surface area (Å²) in [5.41, 5.74) is 3.09. The Bertz CT molecular complexity index is 606. The first-order valence-electron chi connectivity index (χ1n) is 5.12. The van der Waals surface area contributed by atoms with Crippen molar-refractivity contribution in [1.29, 1.82) is 0 Å². The zero-order valence-corrected chi connectivity index (χ0v) is 9.40. The van der Waals surface area contributed by atoms with Crippen molar-refractivity contribution in [1.82, 2.24) is 5.43 Å². The van der Waals surface area contributed by atoms with Crippen LogP contribution < -0.4 is 5.43 Å². The lowest BCUT2D eigenvalue weighted by Gasteiger charge is -2.09. The lowest BCUT2D eigenvalue weighted by atomic mass is 10.00. The summed E-state index contributed by atoms with van der Waals surface area (Å²) in [7, 11) is 0. The number of carbonyl (C=O) groups is 1. The van der Waals surface area contributed by atoms with E-state index in [1.807, 2.05) is 24.3 Å². The monoisotopic (exact) mass is 228 g/mol. The molecule has 0 aromatic heterocycles. The minimum Gasteiger partial charge on any atom is -0.507 e. The molecule has 2 aromatic carbocycles. The van der Waals surface area contributed by atoms with Crippen LogP contribution >= 0.6 is 0 Å². The van der Waals surface area contributed by atoms with Crippen molar-refractivity contribution >= 4 is 23.4 Å². The van der Waals surface area contributed by atoms with E-state index >= 15 is 0 Å². The molecule has 86 valence electrons. The molecule has 0 saturated carbocycles. The van der Waals surface area contributed by atoms with Crippen molar-refractivity contribution in [2.45, 2.75) is 6.92 Å². The number of hydrazone groups is 1. The van der Waals surface area contributed by atoms with Gasteiger partial charge in [0.2, 0.25) is 0 Å². The van der Waals surface area contributed by atoms with Gasteiger partial charge < -0.3 is 5.11 Å². The Morgan fingerprint density at radius 1 is 1.41 bits per heavy atom. The normalized spacial score (nSPS) is 10.2. The minimum absolute atomic E-state index is 0.0233. The highest BCUT2D eigenvalue weighted by Gasteiger charge is 2.14. The van der Waals surface area contributed by atoms with Crippen LogP contribution in [0.15, 0.2) is 35.4 Å². The molecule has 0 spiro atoms. The zero-order chi connectivity index (χ0) is 12.4. The number of phenolic OH excluding ortho intramolecular Hbond substituents is 1. The first-order chi connectivity index (χ1) is 8.15. The topological polar surface area (TPSA) is 61.7 Å². The highest BCUT2D eigenvalue weighted by molar-refractivity contribution is 6.02. The number of aryl methyl sites for hydroxylation is 1. The molecule has 0 atom stereocenters. The van der Waals surface area contributed by atoms with E-state index in [0.717, 1.165) is 10.8 Å². The Labute approximate surface area is 98.6 Å². The van der Waals surface area contributed by atoms with E-state index in [-0.39, 0.29) is 11.3 Å². The van der Waals surface area contributed by atoms with Crippen LogP contribution in [0.1, 0.15) is 15.9 Å². The zero-order valence-electron chi connectivity index (χ0n) is 9.40. The van der Waals surface area contributed by atoms with Crippen LogP contribution in [0.3, 0.4) is 0 Å². The maximum Gasteiger partial charge on any atom is 0.275 e. The van der Waals surface area contributed by atoms with E-state index in [2.05, 4.69) is 17.2 Å². The minimum atomic E-state index is -0.466. The Hall–Kier alpha value is -2.36. The lowest BCUT2D eigenvalue weighted by molar-refractivity contribution is 0.0952.